The normalized spacial score (nSPS) is 15.1. The molecule has 2 N–H and O–H groups in total. The predicted octanol–water partition coefficient (Wildman–Crippen LogP) is 1.96. The maximum absolute atomic E-state index is 12.4. The molecule has 0 heterocycles. The monoisotopic (exact) mass is 394 g/mol. The molecule has 1 aliphatic rings. The van der Waals surface area contributed by atoms with Gasteiger partial charge in [0.15, 0.2) is 0 Å². The van der Waals surface area contributed by atoms with E-state index in [1.165, 1.54) is 24.3 Å². The van der Waals surface area contributed by atoms with Crippen LogP contribution in [0.25, 0.3) is 0 Å². The predicted molar refractivity (Wildman–Crippen MR) is 99.9 cm³/mol. The number of rotatable bonds is 8. The molecule has 0 amide bonds. The molecule has 6 nitrogen and oxygen atoms in total. The van der Waals surface area contributed by atoms with Crippen molar-refractivity contribution in [1.29, 1.82) is 0 Å². The van der Waals surface area contributed by atoms with Crippen LogP contribution in [-0.2, 0) is 26.5 Å². The van der Waals surface area contributed by atoms with Crippen LogP contribution in [0.4, 0.5) is 0 Å². The Morgan fingerprint density at radius 1 is 0.885 bits per heavy atom. The molecule has 1 fully saturated rings. The fraction of sp³-hybridized carbons (Fsp3) is 0.333. The third kappa shape index (κ3) is 4.70. The van der Waals surface area contributed by atoms with E-state index in [1.807, 2.05) is 31.2 Å². The molecule has 0 spiro atoms. The second-order valence-corrected chi connectivity index (χ2v) is 9.92. The van der Waals surface area contributed by atoms with E-state index < -0.39 is 20.0 Å². The first kappa shape index (κ1) is 19.0. The van der Waals surface area contributed by atoms with Crippen LogP contribution in [-0.4, -0.2) is 29.4 Å². The molecule has 0 atom stereocenters. The van der Waals surface area contributed by atoms with Crippen LogP contribution in [0.5, 0.6) is 0 Å². The number of sulfonamides is 2. The van der Waals surface area contributed by atoms with Gasteiger partial charge in [-0.05, 0) is 61.6 Å². The smallest absolute Gasteiger partial charge is 0.211 e. The van der Waals surface area contributed by atoms with Gasteiger partial charge in [0.2, 0.25) is 20.0 Å². The summed E-state index contributed by atoms with van der Waals surface area (Å²) in [5.41, 5.74) is 2.20. The van der Waals surface area contributed by atoms with E-state index >= 15 is 0 Å². The summed E-state index contributed by atoms with van der Waals surface area (Å²) < 4.78 is 54.1. The minimum Gasteiger partial charge on any atom is -0.211 e. The van der Waals surface area contributed by atoms with E-state index in [4.69, 9.17) is 0 Å². The van der Waals surface area contributed by atoms with Gasteiger partial charge < -0.3 is 0 Å². The quantitative estimate of drug-likeness (QED) is 0.716. The minimum atomic E-state index is -3.68. The summed E-state index contributed by atoms with van der Waals surface area (Å²) in [6.45, 7) is 2.26. The lowest BCUT2D eigenvalue weighted by Gasteiger charge is -2.10. The Hall–Kier alpha value is -1.74. The zero-order chi connectivity index (χ0) is 18.8. The van der Waals surface area contributed by atoms with Crippen molar-refractivity contribution in [2.75, 3.05) is 6.54 Å². The van der Waals surface area contributed by atoms with Crippen LogP contribution in [0.2, 0.25) is 0 Å². The lowest BCUT2D eigenvalue weighted by Crippen LogP contribution is -2.27. The fourth-order valence-corrected chi connectivity index (χ4v) is 4.92. The largest absolute Gasteiger partial charge is 0.240 e. The van der Waals surface area contributed by atoms with E-state index in [2.05, 4.69) is 9.44 Å². The zero-order valence-electron chi connectivity index (χ0n) is 14.5. The average Bonchev–Trinajstić information content (AvgIpc) is 3.40. The third-order valence-electron chi connectivity index (χ3n) is 4.29. The van der Waals surface area contributed by atoms with Gasteiger partial charge in [0.25, 0.3) is 0 Å². The van der Waals surface area contributed by atoms with Gasteiger partial charge in [0.1, 0.15) is 0 Å². The lowest BCUT2D eigenvalue weighted by molar-refractivity contribution is 0.577. The molecule has 2 aromatic rings. The summed E-state index contributed by atoms with van der Waals surface area (Å²) in [6, 6.07) is 13.1. The van der Waals surface area contributed by atoms with E-state index in [1.54, 1.807) is 0 Å². The summed E-state index contributed by atoms with van der Waals surface area (Å²) in [5, 5.41) is 0. The first-order valence-electron chi connectivity index (χ1n) is 8.44. The second-order valence-electron chi connectivity index (χ2n) is 6.44. The van der Waals surface area contributed by atoms with Gasteiger partial charge in [-0.1, -0.05) is 24.3 Å². The van der Waals surface area contributed by atoms with Crippen LogP contribution < -0.4 is 9.44 Å². The average molecular weight is 395 g/mol. The van der Waals surface area contributed by atoms with Gasteiger partial charge in [-0.25, -0.2) is 26.3 Å². The summed E-state index contributed by atoms with van der Waals surface area (Å²) in [6.07, 6.45) is 2.27. The van der Waals surface area contributed by atoms with Gasteiger partial charge in [-0.15, -0.1) is 0 Å². The van der Waals surface area contributed by atoms with Crippen LogP contribution in [0.1, 0.15) is 24.0 Å². The Bertz CT molecular complexity index is 980. The molecule has 0 unspecified atom stereocenters. The Balaban J connectivity index is 1.64. The van der Waals surface area contributed by atoms with Crippen molar-refractivity contribution >= 4 is 20.0 Å². The molecule has 0 bridgehead atoms. The second kappa shape index (κ2) is 7.48. The van der Waals surface area contributed by atoms with E-state index in [-0.39, 0.29) is 22.4 Å². The van der Waals surface area contributed by atoms with Crippen molar-refractivity contribution in [2.24, 2.45) is 0 Å². The van der Waals surface area contributed by atoms with Crippen molar-refractivity contribution in [3.05, 3.63) is 59.7 Å². The van der Waals surface area contributed by atoms with E-state index in [9.17, 15) is 16.8 Å². The SMILES string of the molecule is Cc1ccccc1CCNS(=O)(=O)c1ccc(S(=O)(=O)NC2CC2)cc1. The number of nitrogens with one attached hydrogen (secondary N) is 2. The molecule has 8 heteroatoms. The maximum atomic E-state index is 12.4. The number of hydrogen-bond donors (Lipinski definition) is 2. The fourth-order valence-electron chi connectivity index (χ4n) is 2.58. The van der Waals surface area contributed by atoms with Gasteiger partial charge in [-0.2, -0.15) is 0 Å². The molecule has 0 aliphatic heterocycles. The van der Waals surface area contributed by atoms with Crippen LogP contribution >= 0.6 is 0 Å². The first-order valence-corrected chi connectivity index (χ1v) is 11.4. The Morgan fingerprint density at radius 2 is 1.46 bits per heavy atom. The Labute approximate surface area is 154 Å². The molecule has 0 saturated heterocycles. The summed E-state index contributed by atoms with van der Waals surface area (Å²) in [7, 11) is -7.26. The minimum absolute atomic E-state index is 0.00604. The summed E-state index contributed by atoms with van der Waals surface area (Å²) >= 11 is 0. The van der Waals surface area contributed by atoms with Crippen molar-refractivity contribution < 1.29 is 16.8 Å². The van der Waals surface area contributed by atoms with Gasteiger partial charge in [0, 0.05) is 12.6 Å². The van der Waals surface area contributed by atoms with E-state index in [0.29, 0.717) is 6.42 Å². The van der Waals surface area contributed by atoms with Crippen LogP contribution in [0, 0.1) is 6.92 Å². The number of hydrogen-bond acceptors (Lipinski definition) is 4. The Kier molecular flexibility index (Phi) is 5.47. The third-order valence-corrected chi connectivity index (χ3v) is 7.30. The van der Waals surface area contributed by atoms with Gasteiger partial charge in [-0.3, -0.25) is 0 Å². The molecule has 2 aromatic carbocycles. The number of benzene rings is 2. The highest BCUT2D eigenvalue weighted by molar-refractivity contribution is 7.90. The summed E-state index contributed by atoms with van der Waals surface area (Å²) in [5.74, 6) is 0. The molecule has 26 heavy (non-hydrogen) atoms. The van der Waals surface area contributed by atoms with Crippen molar-refractivity contribution in [2.45, 2.75) is 42.0 Å². The van der Waals surface area contributed by atoms with Crippen molar-refractivity contribution in [3.63, 3.8) is 0 Å². The standard InChI is InChI=1S/C18H22N2O4S2/c1-14-4-2-3-5-15(14)12-13-19-25(21,22)17-8-10-18(11-9-17)26(23,24)20-16-6-7-16/h2-5,8-11,16,19-20H,6-7,12-13H2,1H3. The number of aryl methyl sites for hydroxylation is 1. The van der Waals surface area contributed by atoms with Crippen molar-refractivity contribution in [3.8, 4) is 0 Å². The van der Waals surface area contributed by atoms with Gasteiger partial charge in [0.05, 0.1) is 9.79 Å². The molecular formula is C18H22N2O4S2. The molecular weight excluding hydrogens is 372 g/mol. The highest BCUT2D eigenvalue weighted by Gasteiger charge is 2.28. The van der Waals surface area contributed by atoms with Crippen molar-refractivity contribution in [1.82, 2.24) is 9.44 Å². The summed E-state index contributed by atoms with van der Waals surface area (Å²) in [4.78, 5) is 0.121. The molecule has 0 aromatic heterocycles. The highest BCUT2D eigenvalue weighted by Crippen LogP contribution is 2.22. The maximum Gasteiger partial charge on any atom is 0.240 e. The Morgan fingerprint density at radius 3 is 2.04 bits per heavy atom. The lowest BCUT2D eigenvalue weighted by atomic mass is 10.1. The molecule has 3 rings (SSSR count). The first-order chi connectivity index (χ1) is 12.3. The molecule has 1 saturated carbocycles. The van der Waals surface area contributed by atoms with Crippen LogP contribution in [0.3, 0.4) is 0 Å². The van der Waals surface area contributed by atoms with Crippen LogP contribution in [0.15, 0.2) is 58.3 Å². The zero-order valence-corrected chi connectivity index (χ0v) is 16.1. The molecule has 0 radical (unpaired) electrons. The topological polar surface area (TPSA) is 92.3 Å². The molecule has 1 aliphatic carbocycles. The molecule has 140 valence electrons. The van der Waals surface area contributed by atoms with E-state index in [0.717, 1.165) is 24.0 Å². The highest BCUT2D eigenvalue weighted by atomic mass is 32.2. The van der Waals surface area contributed by atoms with Gasteiger partial charge >= 0.3 is 0 Å².